The van der Waals surface area contributed by atoms with Gasteiger partial charge in [-0.25, -0.2) is 4.79 Å². The maximum absolute atomic E-state index is 12.3. The Morgan fingerprint density at radius 1 is 1.13 bits per heavy atom. The molecule has 1 atom stereocenters. The average Bonchev–Trinajstić information content (AvgIpc) is 2.72. The summed E-state index contributed by atoms with van der Waals surface area (Å²) in [5.41, 5.74) is 3.46. The van der Waals surface area contributed by atoms with E-state index in [9.17, 15) is 9.59 Å². The minimum atomic E-state index is -0.938. The van der Waals surface area contributed by atoms with Gasteiger partial charge in [0.05, 0.1) is 7.11 Å². The van der Waals surface area contributed by atoms with Crippen molar-refractivity contribution in [1.82, 2.24) is 0 Å². The van der Waals surface area contributed by atoms with Crippen LogP contribution >= 0.6 is 0 Å². The van der Waals surface area contributed by atoms with Gasteiger partial charge in [-0.1, -0.05) is 36.4 Å². The molecule has 0 unspecified atom stereocenters. The second-order valence-electron chi connectivity index (χ2n) is 6.73. The first kappa shape index (κ1) is 22.7. The highest BCUT2D eigenvalue weighted by molar-refractivity contribution is 5.97. The number of anilines is 1. The van der Waals surface area contributed by atoms with Gasteiger partial charge in [-0.2, -0.15) is 0 Å². The lowest BCUT2D eigenvalue weighted by Gasteiger charge is -2.14. The lowest BCUT2D eigenvalue weighted by molar-refractivity contribution is -0.148. The van der Waals surface area contributed by atoms with Crippen molar-refractivity contribution in [3.8, 4) is 11.5 Å². The number of rotatable bonds is 9. The Kier molecular flexibility index (Phi) is 8.23. The van der Waals surface area contributed by atoms with Gasteiger partial charge in [0, 0.05) is 11.8 Å². The maximum Gasteiger partial charge on any atom is 0.331 e. The second kappa shape index (κ2) is 10.9. The predicted octanol–water partition coefficient (Wildman–Crippen LogP) is 4.46. The number of nitrogens with one attached hydrogen (secondary N) is 1. The lowest BCUT2D eigenvalue weighted by atomic mass is 10.1. The van der Waals surface area contributed by atoms with Gasteiger partial charge >= 0.3 is 5.97 Å². The molecule has 0 aromatic heterocycles. The van der Waals surface area contributed by atoms with Crippen LogP contribution in [0.2, 0.25) is 0 Å². The number of amides is 1. The standard InChI is InChI=1S/C24H27NO5/c1-6-13-29-21-11-8-19(15-22(21)28-5)9-12-23(26)30-18(4)24(27)25-20-10-7-16(2)14-17(20)3/h6-12,14-15,18H,1,13H2,2-5H3,(H,25,27)/b12-9+/t18-/m1/s1. The van der Waals surface area contributed by atoms with Crippen LogP contribution in [0.25, 0.3) is 6.08 Å². The first-order valence-electron chi connectivity index (χ1n) is 9.52. The van der Waals surface area contributed by atoms with Crippen LogP contribution < -0.4 is 14.8 Å². The topological polar surface area (TPSA) is 73.9 Å². The second-order valence-corrected chi connectivity index (χ2v) is 6.73. The number of carbonyl (C=O) groups is 2. The highest BCUT2D eigenvalue weighted by Gasteiger charge is 2.17. The third-order valence-electron chi connectivity index (χ3n) is 4.26. The highest BCUT2D eigenvalue weighted by atomic mass is 16.5. The molecule has 0 bridgehead atoms. The van der Waals surface area contributed by atoms with Crippen LogP contribution in [-0.4, -0.2) is 31.7 Å². The van der Waals surface area contributed by atoms with Gasteiger partial charge < -0.3 is 19.5 Å². The molecule has 0 fully saturated rings. The van der Waals surface area contributed by atoms with Crippen molar-refractivity contribution in [3.63, 3.8) is 0 Å². The summed E-state index contributed by atoms with van der Waals surface area (Å²) in [7, 11) is 1.54. The van der Waals surface area contributed by atoms with Gasteiger partial charge in [-0.3, -0.25) is 4.79 Å². The summed E-state index contributed by atoms with van der Waals surface area (Å²) in [5.74, 6) is 0.0979. The normalized spacial score (nSPS) is 11.6. The summed E-state index contributed by atoms with van der Waals surface area (Å²) in [4.78, 5) is 24.4. The Morgan fingerprint density at radius 2 is 1.90 bits per heavy atom. The molecule has 0 radical (unpaired) electrons. The van der Waals surface area contributed by atoms with Crippen molar-refractivity contribution in [2.45, 2.75) is 26.9 Å². The number of hydrogen-bond donors (Lipinski definition) is 1. The molecular weight excluding hydrogens is 382 g/mol. The molecular formula is C24H27NO5. The Balaban J connectivity index is 1.96. The molecule has 30 heavy (non-hydrogen) atoms. The quantitative estimate of drug-likeness (QED) is 0.376. The number of methoxy groups -OCH3 is 1. The smallest absolute Gasteiger partial charge is 0.331 e. The number of aryl methyl sites for hydroxylation is 2. The summed E-state index contributed by atoms with van der Waals surface area (Å²) in [6, 6.07) is 11.0. The average molecular weight is 409 g/mol. The minimum absolute atomic E-state index is 0.361. The van der Waals surface area contributed by atoms with Crippen LogP contribution in [0.3, 0.4) is 0 Å². The molecule has 1 amide bonds. The molecule has 6 heteroatoms. The first-order chi connectivity index (χ1) is 14.3. The Labute approximate surface area is 177 Å². The van der Waals surface area contributed by atoms with Gasteiger partial charge in [0.1, 0.15) is 6.61 Å². The van der Waals surface area contributed by atoms with Crippen LogP contribution in [0.15, 0.2) is 55.1 Å². The van der Waals surface area contributed by atoms with Crippen LogP contribution in [0.5, 0.6) is 11.5 Å². The fourth-order valence-corrected chi connectivity index (χ4v) is 2.68. The van der Waals surface area contributed by atoms with Crippen molar-refractivity contribution in [2.24, 2.45) is 0 Å². The van der Waals surface area contributed by atoms with Crippen LogP contribution in [0.1, 0.15) is 23.6 Å². The third-order valence-corrected chi connectivity index (χ3v) is 4.26. The van der Waals surface area contributed by atoms with E-state index in [0.29, 0.717) is 23.8 Å². The Hall–Kier alpha value is -3.54. The van der Waals surface area contributed by atoms with Crippen molar-refractivity contribution < 1.29 is 23.8 Å². The first-order valence-corrected chi connectivity index (χ1v) is 9.52. The predicted molar refractivity (Wildman–Crippen MR) is 118 cm³/mol. The van der Waals surface area contributed by atoms with Gasteiger partial charge in [0.15, 0.2) is 17.6 Å². The summed E-state index contributed by atoms with van der Waals surface area (Å²) in [6.07, 6.45) is 3.55. The summed E-state index contributed by atoms with van der Waals surface area (Å²) < 4.78 is 16.0. The SMILES string of the molecule is C=CCOc1ccc(/C=C/C(=O)O[C@H](C)C(=O)Nc2ccc(C)cc2C)cc1OC. The number of hydrogen-bond acceptors (Lipinski definition) is 5. The minimum Gasteiger partial charge on any atom is -0.493 e. The molecule has 1 N–H and O–H groups in total. The summed E-state index contributed by atoms with van der Waals surface area (Å²) >= 11 is 0. The summed E-state index contributed by atoms with van der Waals surface area (Å²) in [6.45, 7) is 9.38. The molecule has 0 aliphatic rings. The van der Waals surface area contributed by atoms with Crippen molar-refractivity contribution >= 4 is 23.6 Å². The molecule has 0 spiro atoms. The number of benzene rings is 2. The van der Waals surface area contributed by atoms with Crippen LogP contribution in [0.4, 0.5) is 5.69 Å². The molecule has 0 aliphatic heterocycles. The molecule has 158 valence electrons. The molecule has 0 saturated heterocycles. The highest BCUT2D eigenvalue weighted by Crippen LogP contribution is 2.28. The zero-order valence-electron chi connectivity index (χ0n) is 17.7. The van der Waals surface area contributed by atoms with E-state index in [0.717, 1.165) is 16.7 Å². The van der Waals surface area contributed by atoms with Crippen LogP contribution in [-0.2, 0) is 14.3 Å². The number of ether oxygens (including phenoxy) is 3. The van der Waals surface area contributed by atoms with Gasteiger partial charge in [0.2, 0.25) is 0 Å². The lowest BCUT2D eigenvalue weighted by Crippen LogP contribution is -2.29. The van der Waals surface area contributed by atoms with E-state index in [1.54, 1.807) is 30.4 Å². The monoisotopic (exact) mass is 409 g/mol. The number of esters is 1. The van der Waals surface area contributed by atoms with Gasteiger partial charge in [0.25, 0.3) is 5.91 Å². The molecule has 2 aromatic rings. The Morgan fingerprint density at radius 3 is 2.57 bits per heavy atom. The molecule has 0 heterocycles. The zero-order chi connectivity index (χ0) is 22.1. The van der Waals surface area contributed by atoms with E-state index in [1.165, 1.54) is 20.1 Å². The number of carbonyl (C=O) groups excluding carboxylic acids is 2. The molecule has 0 aliphatic carbocycles. The van der Waals surface area contributed by atoms with E-state index in [2.05, 4.69) is 11.9 Å². The summed E-state index contributed by atoms with van der Waals surface area (Å²) in [5, 5.41) is 2.78. The van der Waals surface area contributed by atoms with E-state index in [-0.39, 0.29) is 0 Å². The fourth-order valence-electron chi connectivity index (χ4n) is 2.68. The van der Waals surface area contributed by atoms with E-state index >= 15 is 0 Å². The zero-order valence-corrected chi connectivity index (χ0v) is 17.7. The van der Waals surface area contributed by atoms with E-state index < -0.39 is 18.0 Å². The maximum atomic E-state index is 12.3. The fraction of sp³-hybridized carbons (Fsp3) is 0.250. The van der Waals surface area contributed by atoms with E-state index in [1.807, 2.05) is 32.0 Å². The van der Waals surface area contributed by atoms with Crippen molar-refractivity contribution in [3.05, 3.63) is 71.8 Å². The van der Waals surface area contributed by atoms with E-state index in [4.69, 9.17) is 14.2 Å². The molecule has 6 nitrogen and oxygen atoms in total. The van der Waals surface area contributed by atoms with Gasteiger partial charge in [-0.15, -0.1) is 0 Å². The van der Waals surface area contributed by atoms with Crippen molar-refractivity contribution in [2.75, 3.05) is 19.0 Å². The largest absolute Gasteiger partial charge is 0.493 e. The third kappa shape index (κ3) is 6.51. The molecule has 0 saturated carbocycles. The van der Waals surface area contributed by atoms with Gasteiger partial charge in [-0.05, 0) is 56.2 Å². The Bertz CT molecular complexity index is 949. The van der Waals surface area contributed by atoms with Crippen LogP contribution in [0, 0.1) is 13.8 Å². The molecule has 2 rings (SSSR count). The molecule has 2 aromatic carbocycles. The van der Waals surface area contributed by atoms with Crippen molar-refractivity contribution in [1.29, 1.82) is 0 Å².